The van der Waals surface area contributed by atoms with Gasteiger partial charge in [-0.05, 0) is 76.9 Å². The zero-order chi connectivity index (χ0) is 18.1. The van der Waals surface area contributed by atoms with Crippen molar-refractivity contribution in [3.05, 3.63) is 82.1 Å². The summed E-state index contributed by atoms with van der Waals surface area (Å²) in [5.74, 6) is 0.854. The second-order valence-electron chi connectivity index (χ2n) is 7.47. The minimum absolute atomic E-state index is 0.151. The quantitative estimate of drug-likeness (QED) is 0.448. The van der Waals surface area contributed by atoms with Gasteiger partial charge in [0.05, 0.1) is 0 Å². The van der Waals surface area contributed by atoms with Crippen LogP contribution in [0.5, 0.6) is 0 Å². The van der Waals surface area contributed by atoms with E-state index in [0.29, 0.717) is 11.8 Å². The third-order valence-electron chi connectivity index (χ3n) is 5.86. The second kappa shape index (κ2) is 7.40. The Bertz CT molecular complexity index is 913. The average Bonchev–Trinajstić information content (AvgIpc) is 2.66. The summed E-state index contributed by atoms with van der Waals surface area (Å²) in [6.45, 7) is 2.25. The molecular formula is C24H24ClF. The van der Waals surface area contributed by atoms with Crippen LogP contribution in [-0.4, -0.2) is 0 Å². The van der Waals surface area contributed by atoms with Crippen molar-refractivity contribution in [2.45, 2.75) is 44.9 Å². The molecule has 1 aliphatic rings. The topological polar surface area (TPSA) is 0 Å². The molecule has 0 aromatic heterocycles. The van der Waals surface area contributed by atoms with Crippen molar-refractivity contribution in [2.75, 3.05) is 0 Å². The smallest absolute Gasteiger partial charge is 0.123 e. The van der Waals surface area contributed by atoms with E-state index < -0.39 is 0 Å². The lowest BCUT2D eigenvalue weighted by atomic mass is 9.69. The molecule has 0 unspecified atom stereocenters. The summed E-state index contributed by atoms with van der Waals surface area (Å²) in [6, 6.07) is 17.9. The molecule has 26 heavy (non-hydrogen) atoms. The van der Waals surface area contributed by atoms with Crippen LogP contribution in [0.25, 0.3) is 10.8 Å². The van der Waals surface area contributed by atoms with Crippen LogP contribution in [0.15, 0.2) is 54.6 Å². The van der Waals surface area contributed by atoms with Crippen LogP contribution in [-0.2, 0) is 6.42 Å². The van der Waals surface area contributed by atoms with Gasteiger partial charge in [0.1, 0.15) is 5.82 Å². The van der Waals surface area contributed by atoms with Crippen LogP contribution >= 0.6 is 11.6 Å². The van der Waals surface area contributed by atoms with Crippen LogP contribution < -0.4 is 0 Å². The number of hydrogen-bond acceptors (Lipinski definition) is 0. The van der Waals surface area contributed by atoms with Crippen molar-refractivity contribution < 1.29 is 4.39 Å². The Hall–Kier alpha value is -1.86. The van der Waals surface area contributed by atoms with E-state index in [4.69, 9.17) is 11.6 Å². The lowest BCUT2D eigenvalue weighted by Gasteiger charge is -2.35. The standard InChI is InChI=1S/C24H24ClF/c1-2-3-4-17-9-13-21-22(24(17)18-5-10-19(25)11-6-18)14-8-16-7-12-20(26)15-23(16)21/h5-8,10-12,14-15,17,24H,2-4,9,13H2,1H3/t17-,24-/m1/s1. The number of unbranched alkanes of at least 4 members (excludes halogenated alkanes) is 1. The van der Waals surface area contributed by atoms with E-state index in [-0.39, 0.29) is 5.82 Å². The van der Waals surface area contributed by atoms with Gasteiger partial charge in [0.2, 0.25) is 0 Å². The minimum atomic E-state index is -0.151. The normalized spacial score (nSPS) is 19.5. The van der Waals surface area contributed by atoms with Gasteiger partial charge < -0.3 is 0 Å². The molecule has 0 spiro atoms. The molecular weight excluding hydrogens is 343 g/mol. The first-order valence-electron chi connectivity index (χ1n) is 9.64. The summed E-state index contributed by atoms with van der Waals surface area (Å²) in [7, 11) is 0. The Morgan fingerprint density at radius 2 is 1.81 bits per heavy atom. The monoisotopic (exact) mass is 366 g/mol. The molecule has 0 aliphatic heterocycles. The SMILES string of the molecule is CCCC[C@@H]1CCc2c(ccc3ccc(F)cc23)[C@H]1c1ccc(Cl)cc1. The van der Waals surface area contributed by atoms with E-state index in [1.165, 1.54) is 36.0 Å². The fraction of sp³-hybridized carbons (Fsp3) is 0.333. The van der Waals surface area contributed by atoms with Crippen LogP contribution in [0.2, 0.25) is 5.02 Å². The van der Waals surface area contributed by atoms with Crippen LogP contribution in [0, 0.1) is 11.7 Å². The Balaban J connectivity index is 1.86. The molecule has 0 fully saturated rings. The van der Waals surface area contributed by atoms with E-state index in [9.17, 15) is 4.39 Å². The van der Waals surface area contributed by atoms with Crippen molar-refractivity contribution in [3.8, 4) is 0 Å². The van der Waals surface area contributed by atoms with E-state index >= 15 is 0 Å². The van der Waals surface area contributed by atoms with Gasteiger partial charge in [-0.3, -0.25) is 0 Å². The Morgan fingerprint density at radius 1 is 1.04 bits per heavy atom. The molecule has 2 atom stereocenters. The van der Waals surface area contributed by atoms with E-state index in [0.717, 1.165) is 28.6 Å². The number of hydrogen-bond donors (Lipinski definition) is 0. The highest BCUT2D eigenvalue weighted by Crippen LogP contribution is 2.45. The number of fused-ring (bicyclic) bond motifs is 3. The largest absolute Gasteiger partial charge is 0.207 e. The number of rotatable bonds is 4. The predicted octanol–water partition coefficient (Wildman–Crippen LogP) is 7.52. The highest BCUT2D eigenvalue weighted by Gasteiger charge is 2.31. The zero-order valence-corrected chi connectivity index (χ0v) is 15.9. The molecule has 0 saturated carbocycles. The van der Waals surface area contributed by atoms with Gasteiger partial charge in [-0.25, -0.2) is 4.39 Å². The van der Waals surface area contributed by atoms with Gasteiger partial charge in [0.25, 0.3) is 0 Å². The third-order valence-corrected chi connectivity index (χ3v) is 6.11. The van der Waals surface area contributed by atoms with Crippen molar-refractivity contribution in [1.82, 2.24) is 0 Å². The van der Waals surface area contributed by atoms with Crippen molar-refractivity contribution in [1.29, 1.82) is 0 Å². The number of benzene rings is 3. The summed E-state index contributed by atoms with van der Waals surface area (Å²) in [6.07, 6.45) is 5.92. The van der Waals surface area contributed by atoms with Crippen LogP contribution in [0.4, 0.5) is 4.39 Å². The first-order valence-corrected chi connectivity index (χ1v) is 10.0. The van der Waals surface area contributed by atoms with Gasteiger partial charge >= 0.3 is 0 Å². The molecule has 3 aromatic rings. The first-order chi connectivity index (χ1) is 12.7. The molecule has 134 valence electrons. The van der Waals surface area contributed by atoms with Crippen LogP contribution in [0.1, 0.15) is 55.2 Å². The lowest BCUT2D eigenvalue weighted by Crippen LogP contribution is -2.22. The average molecular weight is 367 g/mol. The maximum Gasteiger partial charge on any atom is 0.123 e. The molecule has 4 rings (SSSR count). The summed E-state index contributed by atoms with van der Waals surface area (Å²) in [4.78, 5) is 0. The summed E-state index contributed by atoms with van der Waals surface area (Å²) in [5.41, 5.74) is 4.03. The van der Waals surface area contributed by atoms with Crippen molar-refractivity contribution >= 4 is 22.4 Å². The number of aryl methyl sites for hydroxylation is 1. The molecule has 0 N–H and O–H groups in total. The van der Waals surface area contributed by atoms with Crippen molar-refractivity contribution in [2.24, 2.45) is 5.92 Å². The van der Waals surface area contributed by atoms with Gasteiger partial charge in [0, 0.05) is 10.9 Å². The van der Waals surface area contributed by atoms with Crippen molar-refractivity contribution in [3.63, 3.8) is 0 Å². The fourth-order valence-electron chi connectivity index (χ4n) is 4.59. The fourth-order valence-corrected chi connectivity index (χ4v) is 4.72. The van der Waals surface area contributed by atoms with E-state index in [1.54, 1.807) is 12.1 Å². The van der Waals surface area contributed by atoms with E-state index in [2.05, 4.69) is 31.2 Å². The summed E-state index contributed by atoms with van der Waals surface area (Å²) >= 11 is 6.12. The maximum atomic E-state index is 13.9. The Kier molecular flexibility index (Phi) is 5.00. The predicted molar refractivity (Wildman–Crippen MR) is 109 cm³/mol. The van der Waals surface area contributed by atoms with Gasteiger partial charge in [-0.15, -0.1) is 0 Å². The van der Waals surface area contributed by atoms with Crippen LogP contribution in [0.3, 0.4) is 0 Å². The number of halogens is 2. The highest BCUT2D eigenvalue weighted by molar-refractivity contribution is 6.30. The highest BCUT2D eigenvalue weighted by atomic mass is 35.5. The molecule has 1 aliphatic carbocycles. The molecule has 0 bridgehead atoms. The summed E-state index contributed by atoms with van der Waals surface area (Å²) < 4.78 is 13.9. The van der Waals surface area contributed by atoms with Gasteiger partial charge in [0.15, 0.2) is 0 Å². The van der Waals surface area contributed by atoms with Gasteiger partial charge in [-0.2, -0.15) is 0 Å². The van der Waals surface area contributed by atoms with E-state index in [1.807, 2.05) is 18.2 Å². The first kappa shape index (κ1) is 17.5. The Labute approximate surface area is 160 Å². The van der Waals surface area contributed by atoms with Gasteiger partial charge in [-0.1, -0.05) is 61.7 Å². The molecule has 0 radical (unpaired) electrons. The minimum Gasteiger partial charge on any atom is -0.207 e. The molecule has 2 heteroatoms. The second-order valence-corrected chi connectivity index (χ2v) is 7.91. The Morgan fingerprint density at radius 3 is 2.58 bits per heavy atom. The molecule has 3 aromatic carbocycles. The third kappa shape index (κ3) is 3.25. The molecule has 0 heterocycles. The maximum absolute atomic E-state index is 13.9. The summed E-state index contributed by atoms with van der Waals surface area (Å²) in [5, 5.41) is 2.98. The molecule has 0 amide bonds. The molecule has 0 saturated heterocycles. The molecule has 0 nitrogen and oxygen atoms in total. The lowest BCUT2D eigenvalue weighted by molar-refractivity contribution is 0.373. The zero-order valence-electron chi connectivity index (χ0n) is 15.1.